The predicted octanol–water partition coefficient (Wildman–Crippen LogP) is 2.74. The van der Waals surface area contributed by atoms with Gasteiger partial charge in [0.05, 0.1) is 12.7 Å². The number of ether oxygens (including phenoxy) is 1. The molecule has 7 nitrogen and oxygen atoms in total. The normalized spacial score (nSPS) is 18.0. The molecule has 1 aromatic rings. The Morgan fingerprint density at radius 1 is 1.07 bits per heavy atom. The lowest BCUT2D eigenvalue weighted by Gasteiger charge is -2.36. The van der Waals surface area contributed by atoms with Crippen LogP contribution in [0.1, 0.15) is 61.7 Å². The Bertz CT molecular complexity index is 753. The van der Waals surface area contributed by atoms with Crippen LogP contribution in [0.2, 0.25) is 0 Å². The van der Waals surface area contributed by atoms with Crippen LogP contribution in [-0.4, -0.2) is 62.0 Å². The highest BCUT2D eigenvalue weighted by molar-refractivity contribution is 6.00. The van der Waals surface area contributed by atoms with Crippen molar-refractivity contribution in [1.82, 2.24) is 10.2 Å². The number of carbonyl (C=O) groups excluding carboxylic acids is 3. The lowest BCUT2D eigenvalue weighted by molar-refractivity contribution is -0.144. The Kier molecular flexibility index (Phi) is 7.71. The van der Waals surface area contributed by atoms with Gasteiger partial charge in [0.25, 0.3) is 5.91 Å². The molecule has 1 heterocycles. The molecule has 0 spiro atoms. The Balaban J connectivity index is 1.60. The fourth-order valence-electron chi connectivity index (χ4n) is 4.50. The van der Waals surface area contributed by atoms with Crippen LogP contribution in [-0.2, 0) is 14.3 Å². The van der Waals surface area contributed by atoms with E-state index < -0.39 is 5.97 Å². The van der Waals surface area contributed by atoms with Crippen molar-refractivity contribution in [3.05, 3.63) is 29.8 Å². The number of rotatable bonds is 6. The van der Waals surface area contributed by atoms with Crippen molar-refractivity contribution in [1.29, 1.82) is 0 Å². The molecule has 2 amide bonds. The molecule has 1 aliphatic carbocycles. The van der Waals surface area contributed by atoms with E-state index in [-0.39, 0.29) is 24.3 Å². The summed E-state index contributed by atoms with van der Waals surface area (Å²) >= 11 is 0. The summed E-state index contributed by atoms with van der Waals surface area (Å²) in [5.41, 5.74) is 1.71. The van der Waals surface area contributed by atoms with E-state index in [0.29, 0.717) is 6.04 Å². The Hall–Kier alpha value is -2.57. The molecular weight excluding hydrogens is 382 g/mol. The number of nitrogens with zero attached hydrogens (tertiary/aromatic N) is 2. The number of para-hydroxylation sites is 1. The molecule has 0 aromatic heterocycles. The maximum absolute atomic E-state index is 13.2. The number of amides is 2. The predicted molar refractivity (Wildman–Crippen MR) is 115 cm³/mol. The van der Waals surface area contributed by atoms with Crippen LogP contribution in [0.3, 0.4) is 0 Å². The average Bonchev–Trinajstić information content (AvgIpc) is 2.79. The highest BCUT2D eigenvalue weighted by Crippen LogP contribution is 2.28. The molecule has 164 valence electrons. The van der Waals surface area contributed by atoms with Crippen LogP contribution in [0.25, 0.3) is 0 Å². The summed E-state index contributed by atoms with van der Waals surface area (Å²) < 4.78 is 4.54. The lowest BCUT2D eigenvalue weighted by atomic mass is 9.94. The van der Waals surface area contributed by atoms with E-state index in [0.717, 1.165) is 50.0 Å². The Labute approximate surface area is 178 Å². The molecule has 0 atom stereocenters. The van der Waals surface area contributed by atoms with Gasteiger partial charge in [-0.3, -0.25) is 14.4 Å². The molecule has 1 N–H and O–H groups in total. The number of piperidine rings is 1. The number of anilines is 1. The van der Waals surface area contributed by atoms with Crippen LogP contribution in [0.4, 0.5) is 5.69 Å². The third-order valence-corrected chi connectivity index (χ3v) is 6.31. The molecule has 1 saturated heterocycles. The van der Waals surface area contributed by atoms with Gasteiger partial charge in [-0.2, -0.15) is 0 Å². The number of hydrogen-bond acceptors (Lipinski definition) is 5. The summed E-state index contributed by atoms with van der Waals surface area (Å²) in [6, 6.07) is 8.18. The van der Waals surface area contributed by atoms with Gasteiger partial charge in [0.15, 0.2) is 0 Å². The zero-order valence-corrected chi connectivity index (χ0v) is 18.1. The zero-order chi connectivity index (χ0) is 21.5. The van der Waals surface area contributed by atoms with Crippen LogP contribution in [0.5, 0.6) is 0 Å². The summed E-state index contributed by atoms with van der Waals surface area (Å²) in [6.07, 6.45) is 7.12. The number of methoxy groups -OCH3 is 1. The second-order valence-corrected chi connectivity index (χ2v) is 8.31. The minimum absolute atomic E-state index is 0.0335. The van der Waals surface area contributed by atoms with E-state index in [9.17, 15) is 14.4 Å². The Morgan fingerprint density at radius 3 is 2.40 bits per heavy atom. The second-order valence-electron chi connectivity index (χ2n) is 8.31. The van der Waals surface area contributed by atoms with Crippen molar-refractivity contribution in [2.45, 2.75) is 63.5 Å². The van der Waals surface area contributed by atoms with Crippen LogP contribution < -0.4 is 10.2 Å². The summed E-state index contributed by atoms with van der Waals surface area (Å²) in [7, 11) is 3.21. The minimum atomic E-state index is -0.528. The molecule has 2 aliphatic rings. The van der Waals surface area contributed by atoms with Gasteiger partial charge in [-0.1, -0.05) is 31.4 Å². The fourth-order valence-corrected chi connectivity index (χ4v) is 4.50. The average molecular weight is 416 g/mol. The molecule has 7 heteroatoms. The third-order valence-electron chi connectivity index (χ3n) is 6.31. The van der Waals surface area contributed by atoms with Gasteiger partial charge in [0, 0.05) is 37.9 Å². The largest absolute Gasteiger partial charge is 0.469 e. The topological polar surface area (TPSA) is 79.0 Å². The van der Waals surface area contributed by atoms with Crippen LogP contribution in [0.15, 0.2) is 24.3 Å². The van der Waals surface area contributed by atoms with E-state index in [1.807, 2.05) is 36.2 Å². The SMILES string of the molecule is COC(=O)CC(=O)NC1CCN(c2ccccc2C(=O)N(C)C2CCCCC2)CC1. The van der Waals surface area contributed by atoms with Crippen molar-refractivity contribution in [3.8, 4) is 0 Å². The van der Waals surface area contributed by atoms with Crippen molar-refractivity contribution < 1.29 is 19.1 Å². The van der Waals surface area contributed by atoms with Gasteiger partial charge in [-0.25, -0.2) is 0 Å². The first-order valence-electron chi connectivity index (χ1n) is 11.0. The van der Waals surface area contributed by atoms with Gasteiger partial charge in [0.2, 0.25) is 5.91 Å². The minimum Gasteiger partial charge on any atom is -0.469 e. The number of benzene rings is 1. The highest BCUT2D eigenvalue weighted by Gasteiger charge is 2.28. The Morgan fingerprint density at radius 2 is 1.73 bits per heavy atom. The maximum atomic E-state index is 13.2. The molecule has 1 aromatic carbocycles. The van der Waals surface area contributed by atoms with E-state index in [2.05, 4.69) is 15.0 Å². The smallest absolute Gasteiger partial charge is 0.315 e. The quantitative estimate of drug-likeness (QED) is 0.571. The monoisotopic (exact) mass is 415 g/mol. The summed E-state index contributed by atoms with van der Waals surface area (Å²) in [5, 5.41) is 2.91. The highest BCUT2D eigenvalue weighted by atomic mass is 16.5. The molecule has 1 saturated carbocycles. The molecule has 3 rings (SSSR count). The van der Waals surface area contributed by atoms with Gasteiger partial charge < -0.3 is 19.9 Å². The molecule has 0 radical (unpaired) electrons. The van der Waals surface area contributed by atoms with Crippen molar-refractivity contribution in [2.75, 3.05) is 32.1 Å². The zero-order valence-electron chi connectivity index (χ0n) is 18.1. The summed E-state index contributed by atoms with van der Waals surface area (Å²) in [6.45, 7) is 1.50. The van der Waals surface area contributed by atoms with Crippen molar-refractivity contribution in [3.63, 3.8) is 0 Å². The van der Waals surface area contributed by atoms with Crippen LogP contribution >= 0.6 is 0 Å². The van der Waals surface area contributed by atoms with E-state index in [1.54, 1.807) is 0 Å². The molecule has 0 unspecified atom stereocenters. The van der Waals surface area contributed by atoms with Crippen molar-refractivity contribution >= 4 is 23.5 Å². The third kappa shape index (κ3) is 5.52. The molecule has 1 aliphatic heterocycles. The number of hydrogen-bond donors (Lipinski definition) is 1. The van der Waals surface area contributed by atoms with Crippen LogP contribution in [0, 0.1) is 0 Å². The first-order chi connectivity index (χ1) is 14.5. The van der Waals surface area contributed by atoms with Crippen molar-refractivity contribution in [2.24, 2.45) is 0 Å². The lowest BCUT2D eigenvalue weighted by Crippen LogP contribution is -2.46. The number of nitrogens with one attached hydrogen (secondary N) is 1. The fraction of sp³-hybridized carbons (Fsp3) is 0.609. The summed E-state index contributed by atoms with van der Waals surface area (Å²) in [5.74, 6) is -0.740. The number of carbonyl (C=O) groups is 3. The first-order valence-corrected chi connectivity index (χ1v) is 11.0. The van der Waals surface area contributed by atoms with E-state index in [4.69, 9.17) is 0 Å². The van der Waals surface area contributed by atoms with Gasteiger partial charge >= 0.3 is 5.97 Å². The van der Waals surface area contributed by atoms with E-state index >= 15 is 0 Å². The molecular formula is C23H33N3O4. The maximum Gasteiger partial charge on any atom is 0.315 e. The molecule has 2 fully saturated rings. The molecule has 0 bridgehead atoms. The van der Waals surface area contributed by atoms with E-state index in [1.165, 1.54) is 26.4 Å². The van der Waals surface area contributed by atoms with Gasteiger partial charge in [-0.05, 0) is 37.8 Å². The second kappa shape index (κ2) is 10.5. The standard InChI is InChI=1S/C23H33N3O4/c1-25(18-8-4-3-5-9-18)23(29)19-10-6-7-11-20(19)26-14-12-17(13-15-26)24-21(27)16-22(28)30-2/h6-7,10-11,17-18H,3-5,8-9,12-16H2,1-2H3,(H,24,27). The number of esters is 1. The van der Waals surface area contributed by atoms with Gasteiger partial charge in [0.1, 0.15) is 6.42 Å². The van der Waals surface area contributed by atoms with Gasteiger partial charge in [-0.15, -0.1) is 0 Å². The molecule has 30 heavy (non-hydrogen) atoms. The summed E-state index contributed by atoms with van der Waals surface area (Å²) in [4.78, 5) is 40.6. The first kappa shape index (κ1) is 22.1.